The molecule has 0 aliphatic heterocycles. The van der Waals surface area contributed by atoms with Crippen molar-refractivity contribution in [2.45, 2.75) is 6.54 Å². The second-order valence-electron chi connectivity index (χ2n) is 5.66. The van der Waals surface area contributed by atoms with Crippen molar-refractivity contribution >= 4 is 10.8 Å². The van der Waals surface area contributed by atoms with Gasteiger partial charge in [0.05, 0.1) is 17.3 Å². The molecule has 1 aromatic carbocycles. The van der Waals surface area contributed by atoms with Crippen LogP contribution in [0.3, 0.4) is 0 Å². The molecule has 0 fully saturated rings. The van der Waals surface area contributed by atoms with E-state index in [0.29, 0.717) is 22.6 Å². The highest BCUT2D eigenvalue weighted by Gasteiger charge is 2.09. The summed E-state index contributed by atoms with van der Waals surface area (Å²) in [6.07, 6.45) is 6.70. The van der Waals surface area contributed by atoms with Gasteiger partial charge >= 0.3 is 0 Å². The van der Waals surface area contributed by atoms with Crippen LogP contribution in [0.15, 0.2) is 66.0 Å². The standard InChI is InChI=1S/C19H15N5O2/c20-9-18-17-8-12(1-2-16(17)19(25)24-23-18)13-7-15(11-22-10-13)26-14-3-5-21-6-4-14/h1-8,10-11H,9,20H2,(H,24,25). The third kappa shape index (κ3) is 3.03. The molecule has 4 rings (SSSR count). The van der Waals surface area contributed by atoms with Gasteiger partial charge in [-0.3, -0.25) is 14.8 Å². The molecule has 0 amide bonds. The van der Waals surface area contributed by atoms with E-state index in [1.807, 2.05) is 18.2 Å². The first-order valence-electron chi connectivity index (χ1n) is 7.99. The van der Waals surface area contributed by atoms with Gasteiger partial charge in [-0.2, -0.15) is 5.10 Å². The van der Waals surface area contributed by atoms with Gasteiger partial charge in [-0.1, -0.05) is 6.07 Å². The van der Waals surface area contributed by atoms with Crippen LogP contribution in [0.2, 0.25) is 0 Å². The molecule has 3 heterocycles. The molecule has 26 heavy (non-hydrogen) atoms. The first-order valence-corrected chi connectivity index (χ1v) is 7.99. The Hall–Kier alpha value is -3.58. The van der Waals surface area contributed by atoms with Crippen molar-refractivity contribution in [1.29, 1.82) is 0 Å². The molecule has 3 aromatic heterocycles. The molecule has 0 bridgehead atoms. The molecule has 0 saturated carbocycles. The van der Waals surface area contributed by atoms with Crippen molar-refractivity contribution in [3.8, 4) is 22.6 Å². The molecule has 128 valence electrons. The quantitative estimate of drug-likeness (QED) is 0.589. The van der Waals surface area contributed by atoms with Crippen LogP contribution in [0, 0.1) is 0 Å². The van der Waals surface area contributed by atoms with Crippen molar-refractivity contribution < 1.29 is 4.74 Å². The van der Waals surface area contributed by atoms with Gasteiger partial charge in [0.2, 0.25) is 0 Å². The minimum absolute atomic E-state index is 0.236. The Morgan fingerprint density at radius 2 is 1.77 bits per heavy atom. The lowest BCUT2D eigenvalue weighted by molar-refractivity contribution is 0.480. The van der Waals surface area contributed by atoms with Gasteiger partial charge in [-0.25, -0.2) is 5.10 Å². The molecule has 0 unspecified atom stereocenters. The van der Waals surface area contributed by atoms with Crippen LogP contribution in [0.4, 0.5) is 0 Å². The molecule has 0 atom stereocenters. The lowest BCUT2D eigenvalue weighted by Gasteiger charge is -2.09. The molecule has 0 aliphatic carbocycles. The van der Waals surface area contributed by atoms with Crippen molar-refractivity contribution in [2.75, 3.05) is 0 Å². The third-order valence-corrected chi connectivity index (χ3v) is 3.99. The summed E-state index contributed by atoms with van der Waals surface area (Å²) >= 11 is 0. The Morgan fingerprint density at radius 3 is 2.58 bits per heavy atom. The number of aromatic amines is 1. The number of hydrogen-bond acceptors (Lipinski definition) is 6. The Morgan fingerprint density at radius 1 is 0.923 bits per heavy atom. The zero-order valence-electron chi connectivity index (χ0n) is 13.7. The van der Waals surface area contributed by atoms with Crippen LogP contribution in [-0.2, 0) is 6.54 Å². The molecule has 7 heteroatoms. The molecule has 0 aliphatic rings. The molecule has 0 radical (unpaired) electrons. The highest BCUT2D eigenvalue weighted by molar-refractivity contribution is 5.88. The maximum absolute atomic E-state index is 12.0. The number of H-pyrrole nitrogens is 1. The molecular weight excluding hydrogens is 330 g/mol. The van der Waals surface area contributed by atoms with E-state index in [2.05, 4.69) is 20.2 Å². The molecule has 0 spiro atoms. The predicted molar refractivity (Wildman–Crippen MR) is 97.8 cm³/mol. The first-order chi connectivity index (χ1) is 12.7. The van der Waals surface area contributed by atoms with Crippen LogP contribution in [0.1, 0.15) is 5.69 Å². The van der Waals surface area contributed by atoms with Crippen LogP contribution in [-0.4, -0.2) is 20.2 Å². The van der Waals surface area contributed by atoms with E-state index in [0.717, 1.165) is 16.5 Å². The van der Waals surface area contributed by atoms with Crippen molar-refractivity contribution in [2.24, 2.45) is 5.73 Å². The summed E-state index contributed by atoms with van der Waals surface area (Å²) in [7, 11) is 0. The molecule has 3 N–H and O–H groups in total. The Bertz CT molecular complexity index is 1130. The van der Waals surface area contributed by atoms with E-state index < -0.39 is 0 Å². The summed E-state index contributed by atoms with van der Waals surface area (Å²) in [5, 5.41) is 7.78. The highest BCUT2D eigenvalue weighted by atomic mass is 16.5. The van der Waals surface area contributed by atoms with Crippen molar-refractivity contribution in [3.63, 3.8) is 0 Å². The zero-order chi connectivity index (χ0) is 17.9. The molecular formula is C19H15N5O2. The number of nitrogens with two attached hydrogens (primary N) is 1. The summed E-state index contributed by atoms with van der Waals surface area (Å²) in [5.41, 5.74) is 7.90. The molecule has 7 nitrogen and oxygen atoms in total. The lowest BCUT2D eigenvalue weighted by Crippen LogP contribution is -2.13. The van der Waals surface area contributed by atoms with Gasteiger partial charge in [0, 0.05) is 36.1 Å². The first kappa shape index (κ1) is 15.9. The average Bonchev–Trinajstić information content (AvgIpc) is 2.69. The monoisotopic (exact) mass is 345 g/mol. The molecule has 0 saturated heterocycles. The molecule has 4 aromatic rings. The number of pyridine rings is 2. The smallest absolute Gasteiger partial charge is 0.272 e. The van der Waals surface area contributed by atoms with Gasteiger partial charge in [0.25, 0.3) is 5.56 Å². The van der Waals surface area contributed by atoms with E-state index in [4.69, 9.17) is 10.5 Å². The number of aromatic nitrogens is 4. The van der Waals surface area contributed by atoms with Gasteiger partial charge in [0.15, 0.2) is 0 Å². The van der Waals surface area contributed by atoms with Crippen LogP contribution in [0.25, 0.3) is 21.9 Å². The van der Waals surface area contributed by atoms with Crippen LogP contribution in [0.5, 0.6) is 11.5 Å². The fraction of sp³-hybridized carbons (Fsp3) is 0.0526. The maximum Gasteiger partial charge on any atom is 0.272 e. The Kier molecular flexibility index (Phi) is 4.12. The van der Waals surface area contributed by atoms with Gasteiger partial charge in [0.1, 0.15) is 11.5 Å². The predicted octanol–water partition coefficient (Wildman–Crippen LogP) is 2.63. The van der Waals surface area contributed by atoms with E-state index in [1.165, 1.54) is 0 Å². The number of nitrogens with one attached hydrogen (secondary N) is 1. The summed E-state index contributed by atoms with van der Waals surface area (Å²) in [4.78, 5) is 20.2. The second-order valence-corrected chi connectivity index (χ2v) is 5.66. The fourth-order valence-electron chi connectivity index (χ4n) is 2.73. The highest BCUT2D eigenvalue weighted by Crippen LogP contribution is 2.28. The Labute approximate surface area is 148 Å². The largest absolute Gasteiger partial charge is 0.456 e. The van der Waals surface area contributed by atoms with Crippen molar-refractivity contribution in [3.05, 3.63) is 77.2 Å². The summed E-state index contributed by atoms with van der Waals surface area (Å²) in [6, 6.07) is 11.0. The maximum atomic E-state index is 12.0. The fourth-order valence-corrected chi connectivity index (χ4v) is 2.73. The number of hydrogen-bond donors (Lipinski definition) is 2. The minimum Gasteiger partial charge on any atom is -0.456 e. The lowest BCUT2D eigenvalue weighted by atomic mass is 10.0. The number of ether oxygens (including phenoxy) is 1. The minimum atomic E-state index is -0.239. The van der Waals surface area contributed by atoms with E-state index >= 15 is 0 Å². The second kappa shape index (κ2) is 6.73. The van der Waals surface area contributed by atoms with Crippen molar-refractivity contribution in [1.82, 2.24) is 20.2 Å². The normalized spacial score (nSPS) is 10.8. The number of fused-ring (bicyclic) bond motifs is 1. The summed E-state index contributed by atoms with van der Waals surface area (Å²) < 4.78 is 5.80. The Balaban J connectivity index is 1.76. The SMILES string of the molecule is NCc1n[nH]c(=O)c2ccc(-c3cncc(Oc4ccncc4)c3)cc12. The van der Waals surface area contributed by atoms with Crippen LogP contribution >= 0.6 is 0 Å². The van der Waals surface area contributed by atoms with Gasteiger partial charge in [-0.05, 0) is 35.9 Å². The topological polar surface area (TPSA) is 107 Å². The zero-order valence-corrected chi connectivity index (χ0v) is 13.7. The van der Waals surface area contributed by atoms with Gasteiger partial charge in [-0.15, -0.1) is 0 Å². The third-order valence-electron chi connectivity index (χ3n) is 3.99. The van der Waals surface area contributed by atoms with Crippen LogP contribution < -0.4 is 16.0 Å². The number of rotatable bonds is 4. The summed E-state index contributed by atoms with van der Waals surface area (Å²) in [5.74, 6) is 1.29. The van der Waals surface area contributed by atoms with E-state index in [-0.39, 0.29) is 12.1 Å². The average molecular weight is 345 g/mol. The van der Waals surface area contributed by atoms with E-state index in [9.17, 15) is 4.79 Å². The summed E-state index contributed by atoms with van der Waals surface area (Å²) in [6.45, 7) is 0.236. The number of benzene rings is 1. The van der Waals surface area contributed by atoms with E-state index in [1.54, 1.807) is 43.0 Å². The number of nitrogens with zero attached hydrogens (tertiary/aromatic N) is 3. The van der Waals surface area contributed by atoms with Gasteiger partial charge < -0.3 is 10.5 Å².